The molecule has 1 unspecified atom stereocenters. The van der Waals surface area contributed by atoms with Crippen LogP contribution in [0.4, 0.5) is 0 Å². The van der Waals surface area contributed by atoms with Crippen molar-refractivity contribution in [2.75, 3.05) is 5.33 Å². The molecule has 0 bridgehead atoms. The fraction of sp³-hybridized carbons (Fsp3) is 0.444. The number of alkyl halides is 1. The minimum Gasteiger partial charge on any atom is -0.350 e. The number of rotatable bonds is 4. The first-order chi connectivity index (χ1) is 6.24. The van der Waals surface area contributed by atoms with Crippen molar-refractivity contribution in [2.24, 2.45) is 0 Å². The molecule has 72 valence electrons. The summed E-state index contributed by atoms with van der Waals surface area (Å²) in [5.74, 6) is 0.0229. The summed E-state index contributed by atoms with van der Waals surface area (Å²) in [6.07, 6.45) is 0.954. The normalized spacial score (nSPS) is 12.5. The van der Waals surface area contributed by atoms with Crippen molar-refractivity contribution in [3.63, 3.8) is 0 Å². The maximum absolute atomic E-state index is 11.5. The smallest absolute Gasteiger partial charge is 0.252 e. The summed E-state index contributed by atoms with van der Waals surface area (Å²) in [5, 5.41) is 7.60. The molecule has 0 saturated heterocycles. The van der Waals surface area contributed by atoms with Crippen molar-refractivity contribution in [2.45, 2.75) is 19.4 Å². The average molecular weight is 262 g/mol. The third-order valence-electron chi connectivity index (χ3n) is 1.70. The first-order valence-corrected chi connectivity index (χ1v) is 6.19. The molecule has 0 spiro atoms. The topological polar surface area (TPSA) is 29.1 Å². The van der Waals surface area contributed by atoms with Gasteiger partial charge in [0.25, 0.3) is 5.91 Å². The van der Waals surface area contributed by atoms with Crippen LogP contribution in [0.25, 0.3) is 0 Å². The maximum atomic E-state index is 11.5. The standard InChI is InChI=1S/C9H12BrNOS/c1-7(2-4-10)11-9(12)8-3-5-13-6-8/h3,5-7H,2,4H2,1H3,(H,11,12). The van der Waals surface area contributed by atoms with E-state index in [1.165, 1.54) is 11.3 Å². The van der Waals surface area contributed by atoms with Gasteiger partial charge in [-0.05, 0) is 24.8 Å². The minimum atomic E-state index is 0.0229. The summed E-state index contributed by atoms with van der Waals surface area (Å²) in [7, 11) is 0. The Balaban J connectivity index is 2.42. The molecule has 1 N–H and O–H groups in total. The number of hydrogen-bond acceptors (Lipinski definition) is 2. The molecule has 0 fully saturated rings. The molecule has 2 nitrogen and oxygen atoms in total. The number of nitrogens with one attached hydrogen (secondary N) is 1. The van der Waals surface area contributed by atoms with Gasteiger partial charge in [0.05, 0.1) is 0 Å². The van der Waals surface area contributed by atoms with Crippen molar-refractivity contribution in [1.82, 2.24) is 5.32 Å². The Hall–Kier alpha value is -0.350. The van der Waals surface area contributed by atoms with E-state index >= 15 is 0 Å². The fourth-order valence-corrected chi connectivity index (χ4v) is 2.26. The van der Waals surface area contributed by atoms with Crippen LogP contribution in [0.2, 0.25) is 0 Å². The molecule has 0 aromatic carbocycles. The molecule has 0 aliphatic carbocycles. The molecule has 1 aromatic heterocycles. The Morgan fingerprint density at radius 1 is 1.77 bits per heavy atom. The SMILES string of the molecule is CC(CCBr)NC(=O)c1ccsc1. The van der Waals surface area contributed by atoms with Gasteiger partial charge in [-0.3, -0.25) is 4.79 Å². The van der Waals surface area contributed by atoms with Gasteiger partial charge >= 0.3 is 0 Å². The highest BCUT2D eigenvalue weighted by molar-refractivity contribution is 9.09. The van der Waals surface area contributed by atoms with Crippen LogP contribution < -0.4 is 5.32 Å². The van der Waals surface area contributed by atoms with Crippen LogP contribution in [-0.2, 0) is 0 Å². The highest BCUT2D eigenvalue weighted by atomic mass is 79.9. The number of amides is 1. The van der Waals surface area contributed by atoms with Gasteiger partial charge in [-0.2, -0.15) is 11.3 Å². The molecule has 4 heteroatoms. The lowest BCUT2D eigenvalue weighted by molar-refractivity contribution is 0.0940. The molecule has 0 saturated carbocycles. The number of thiophene rings is 1. The lowest BCUT2D eigenvalue weighted by atomic mass is 10.2. The molecular weight excluding hydrogens is 250 g/mol. The molecule has 0 radical (unpaired) electrons. The number of carbonyl (C=O) groups excluding carboxylic acids is 1. The first kappa shape index (κ1) is 10.7. The Kier molecular flexibility index (Phi) is 4.45. The molecule has 0 aliphatic heterocycles. The van der Waals surface area contributed by atoms with Crippen LogP contribution in [0.15, 0.2) is 16.8 Å². The Morgan fingerprint density at radius 3 is 3.08 bits per heavy atom. The number of carbonyl (C=O) groups is 1. The molecule has 1 heterocycles. The predicted molar refractivity (Wildman–Crippen MR) is 59.7 cm³/mol. The van der Waals surface area contributed by atoms with Crippen LogP contribution in [0, 0.1) is 0 Å². The second kappa shape index (κ2) is 5.40. The number of halogens is 1. The lowest BCUT2D eigenvalue weighted by Crippen LogP contribution is -2.32. The highest BCUT2D eigenvalue weighted by Gasteiger charge is 2.08. The zero-order valence-corrected chi connectivity index (χ0v) is 9.82. The van der Waals surface area contributed by atoms with Gasteiger partial charge in [-0.1, -0.05) is 15.9 Å². The maximum Gasteiger partial charge on any atom is 0.252 e. The minimum absolute atomic E-state index is 0.0229. The molecule has 1 rings (SSSR count). The van der Waals surface area contributed by atoms with Gasteiger partial charge in [-0.15, -0.1) is 0 Å². The second-order valence-corrected chi connectivity index (χ2v) is 4.44. The Bertz CT molecular complexity index is 261. The van der Waals surface area contributed by atoms with Crippen molar-refractivity contribution in [3.05, 3.63) is 22.4 Å². The van der Waals surface area contributed by atoms with Crippen molar-refractivity contribution >= 4 is 33.2 Å². The zero-order valence-electron chi connectivity index (χ0n) is 7.42. The highest BCUT2D eigenvalue weighted by Crippen LogP contribution is 2.06. The van der Waals surface area contributed by atoms with Crippen molar-refractivity contribution in [3.8, 4) is 0 Å². The van der Waals surface area contributed by atoms with Gasteiger partial charge in [0, 0.05) is 22.3 Å². The summed E-state index contributed by atoms with van der Waals surface area (Å²) >= 11 is 4.88. The summed E-state index contributed by atoms with van der Waals surface area (Å²) in [4.78, 5) is 11.5. The van der Waals surface area contributed by atoms with Gasteiger partial charge in [0.1, 0.15) is 0 Å². The van der Waals surface area contributed by atoms with Gasteiger partial charge in [0.2, 0.25) is 0 Å². The van der Waals surface area contributed by atoms with Gasteiger partial charge in [0.15, 0.2) is 0 Å². The van der Waals surface area contributed by atoms with E-state index in [4.69, 9.17) is 0 Å². The van der Waals surface area contributed by atoms with Gasteiger partial charge < -0.3 is 5.32 Å². The van der Waals surface area contributed by atoms with E-state index in [0.29, 0.717) is 0 Å². The van der Waals surface area contributed by atoms with E-state index in [1.54, 1.807) is 0 Å². The zero-order chi connectivity index (χ0) is 9.68. The summed E-state index contributed by atoms with van der Waals surface area (Å²) in [6, 6.07) is 2.06. The van der Waals surface area contributed by atoms with E-state index < -0.39 is 0 Å². The Morgan fingerprint density at radius 2 is 2.54 bits per heavy atom. The fourth-order valence-electron chi connectivity index (χ4n) is 0.937. The van der Waals surface area contributed by atoms with E-state index in [0.717, 1.165) is 17.3 Å². The van der Waals surface area contributed by atoms with Crippen LogP contribution in [0.1, 0.15) is 23.7 Å². The third kappa shape index (κ3) is 3.48. The van der Waals surface area contributed by atoms with Crippen LogP contribution in [0.5, 0.6) is 0 Å². The van der Waals surface area contributed by atoms with E-state index in [9.17, 15) is 4.79 Å². The average Bonchev–Trinajstić information content (AvgIpc) is 2.55. The van der Waals surface area contributed by atoms with Crippen LogP contribution in [-0.4, -0.2) is 17.3 Å². The van der Waals surface area contributed by atoms with E-state index in [-0.39, 0.29) is 11.9 Å². The largest absolute Gasteiger partial charge is 0.350 e. The second-order valence-electron chi connectivity index (χ2n) is 2.86. The quantitative estimate of drug-likeness (QED) is 0.830. The summed E-state index contributed by atoms with van der Waals surface area (Å²) < 4.78 is 0. The van der Waals surface area contributed by atoms with Crippen molar-refractivity contribution in [1.29, 1.82) is 0 Å². The van der Waals surface area contributed by atoms with Crippen LogP contribution >= 0.6 is 27.3 Å². The lowest BCUT2D eigenvalue weighted by Gasteiger charge is -2.10. The molecular formula is C9H12BrNOS. The van der Waals surface area contributed by atoms with Crippen molar-refractivity contribution < 1.29 is 4.79 Å². The predicted octanol–water partition coefficient (Wildman–Crippen LogP) is 2.65. The van der Waals surface area contributed by atoms with E-state index in [2.05, 4.69) is 21.2 Å². The van der Waals surface area contributed by atoms with Crippen LogP contribution in [0.3, 0.4) is 0 Å². The molecule has 1 amide bonds. The number of hydrogen-bond donors (Lipinski definition) is 1. The Labute approximate surface area is 90.5 Å². The van der Waals surface area contributed by atoms with Gasteiger partial charge in [-0.25, -0.2) is 0 Å². The molecule has 1 aromatic rings. The first-order valence-electron chi connectivity index (χ1n) is 4.13. The molecule has 0 aliphatic rings. The molecule has 13 heavy (non-hydrogen) atoms. The monoisotopic (exact) mass is 261 g/mol. The summed E-state index contributed by atoms with van der Waals surface area (Å²) in [6.45, 7) is 2.01. The third-order valence-corrected chi connectivity index (χ3v) is 2.84. The van der Waals surface area contributed by atoms with E-state index in [1.807, 2.05) is 23.8 Å². The summed E-state index contributed by atoms with van der Waals surface area (Å²) in [5.41, 5.74) is 0.756. The molecule has 1 atom stereocenters.